The molecule has 0 fully saturated rings. The van der Waals surface area contributed by atoms with Crippen LogP contribution < -0.4 is 14.5 Å². The lowest BCUT2D eigenvalue weighted by atomic mass is 10.1. The number of aliphatic imine (C=N–C) groups is 1. The van der Waals surface area contributed by atoms with Gasteiger partial charge in [-0.1, -0.05) is 16.4 Å². The van der Waals surface area contributed by atoms with Crippen LogP contribution in [0.1, 0.15) is 22.8 Å². The van der Waals surface area contributed by atoms with Crippen LogP contribution in [0.3, 0.4) is 0 Å². The Morgan fingerprint density at radius 2 is 1.74 bits per heavy atom. The predicted octanol–water partition coefficient (Wildman–Crippen LogP) is 3.44. The summed E-state index contributed by atoms with van der Waals surface area (Å²) in [7, 11) is -2.68. The van der Waals surface area contributed by atoms with Crippen molar-refractivity contribution in [3.05, 3.63) is 53.6 Å². The maximum atomic E-state index is 13.4. The normalized spacial score (nSPS) is 14.5. The molecule has 0 aliphatic rings. The van der Waals surface area contributed by atoms with Crippen LogP contribution in [0.25, 0.3) is 0 Å². The van der Waals surface area contributed by atoms with Crippen molar-refractivity contribution in [2.24, 2.45) is 4.99 Å². The van der Waals surface area contributed by atoms with Crippen molar-refractivity contribution in [3.63, 3.8) is 0 Å². The van der Waals surface area contributed by atoms with Gasteiger partial charge in [-0.2, -0.15) is 26.6 Å². The molecular formula is C21H21F5N5O3S+. The van der Waals surface area contributed by atoms with E-state index in [1.807, 2.05) is 0 Å². The number of carbonyl (C=O) groups excluding carboxylic acids is 1. The Labute approximate surface area is 198 Å². The van der Waals surface area contributed by atoms with Crippen LogP contribution >= 0.6 is 0 Å². The number of hydrogen-bond acceptors (Lipinski definition) is 5. The minimum atomic E-state index is -4.61. The first-order valence-corrected chi connectivity index (χ1v) is 11.5. The fourth-order valence-electron chi connectivity index (χ4n) is 2.50. The first kappa shape index (κ1) is 27.7. The first-order valence-electron chi connectivity index (χ1n) is 9.66. The van der Waals surface area contributed by atoms with Crippen molar-refractivity contribution in [3.8, 4) is 12.5 Å². The van der Waals surface area contributed by atoms with E-state index in [1.54, 1.807) is 0 Å². The van der Waals surface area contributed by atoms with Gasteiger partial charge in [0.15, 0.2) is 6.04 Å². The predicted molar refractivity (Wildman–Crippen MR) is 121 cm³/mol. The van der Waals surface area contributed by atoms with Crippen molar-refractivity contribution in [1.29, 1.82) is 0 Å². The second kappa shape index (κ2) is 9.96. The van der Waals surface area contributed by atoms with Crippen LogP contribution in [0.15, 0.2) is 47.5 Å². The van der Waals surface area contributed by atoms with Gasteiger partial charge in [0.1, 0.15) is 19.4 Å². The summed E-state index contributed by atoms with van der Waals surface area (Å²) in [6.07, 6.45) is 1.68. The molecule has 1 unspecified atom stereocenters. The second-order valence-electron chi connectivity index (χ2n) is 7.56. The first-order chi connectivity index (χ1) is 16.0. The van der Waals surface area contributed by atoms with Crippen LogP contribution in [0.5, 0.6) is 0 Å². The third kappa shape index (κ3) is 7.20. The zero-order valence-electron chi connectivity index (χ0n) is 18.7. The Balaban J connectivity index is 2.36. The summed E-state index contributed by atoms with van der Waals surface area (Å²) in [4.78, 5) is 20.2. The molecule has 14 heteroatoms. The zero-order chi connectivity index (χ0) is 26.7. The van der Waals surface area contributed by atoms with E-state index >= 15 is 0 Å². The van der Waals surface area contributed by atoms with Gasteiger partial charge in [-0.15, -0.1) is 0 Å². The molecule has 0 aliphatic heterocycles. The Bertz CT molecular complexity index is 1270. The van der Waals surface area contributed by atoms with Gasteiger partial charge in [-0.25, -0.2) is 13.8 Å². The Morgan fingerprint density at radius 1 is 1.14 bits per heavy atom. The average Bonchev–Trinajstić information content (AvgIpc) is 2.75. The number of aromatic nitrogens is 1. The molecule has 0 spiro atoms. The Morgan fingerprint density at radius 3 is 2.23 bits per heavy atom. The molecule has 2 N–H and O–H groups in total. The maximum absolute atomic E-state index is 13.4. The minimum absolute atomic E-state index is 0.100. The van der Waals surface area contributed by atoms with Gasteiger partial charge < -0.3 is 5.32 Å². The van der Waals surface area contributed by atoms with Gasteiger partial charge >= 0.3 is 16.2 Å². The van der Waals surface area contributed by atoms with Crippen LogP contribution in [0.4, 0.5) is 33.6 Å². The highest BCUT2D eigenvalue weighted by atomic mass is 32.2. The Hall–Kier alpha value is -3.57. The summed E-state index contributed by atoms with van der Waals surface area (Å²) in [5.74, 6) is -4.92. The van der Waals surface area contributed by atoms with Gasteiger partial charge in [0.25, 0.3) is 17.6 Å². The molecule has 1 atom stereocenters. The van der Waals surface area contributed by atoms with E-state index in [1.165, 1.54) is 25.2 Å². The molecule has 0 saturated heterocycles. The number of sulfonamides is 1. The van der Waals surface area contributed by atoms with E-state index in [2.05, 4.69) is 26.7 Å². The number of anilines is 1. The number of guanidine groups is 1. The lowest BCUT2D eigenvalue weighted by molar-refractivity contribution is -0.137. The summed E-state index contributed by atoms with van der Waals surface area (Å²) in [5, 5.41) is 4.69. The van der Waals surface area contributed by atoms with E-state index < -0.39 is 50.0 Å². The zero-order valence-corrected chi connectivity index (χ0v) is 19.5. The molecule has 1 amide bonds. The van der Waals surface area contributed by atoms with Gasteiger partial charge in [0, 0.05) is 18.6 Å². The van der Waals surface area contributed by atoms with Gasteiger partial charge in [-0.3, -0.25) is 10.1 Å². The van der Waals surface area contributed by atoms with E-state index in [0.717, 1.165) is 18.4 Å². The molecule has 1 heterocycles. The van der Waals surface area contributed by atoms with Crippen LogP contribution in [0.2, 0.25) is 0 Å². The maximum Gasteiger partial charge on any atom is 0.416 e. The topological polar surface area (TPSA) is 101 Å². The van der Waals surface area contributed by atoms with Crippen molar-refractivity contribution < 1.29 is 35.2 Å². The van der Waals surface area contributed by atoms with Gasteiger partial charge in [0.05, 0.1) is 11.8 Å². The fraction of sp³-hybridized carbons (Fsp3) is 0.286. The molecule has 2 aromatic rings. The standard InChI is InChI=1S/C21H20F5N5O3S/c1-5-31(3,35(4,33)34)17-8-6-7-16(28-17)29-19(27-13-20(2,22)23)30-18(32)14-9-11-15(12-10-14)21(24,25)26/h1,6-12H,13H2,2-4H3,(H-,27,28,29,30,32)/p+1. The van der Waals surface area contributed by atoms with E-state index in [0.29, 0.717) is 19.1 Å². The number of terminal acetylenes is 1. The number of benzene rings is 1. The smallest absolute Gasteiger partial charge is 0.310 e. The SMILES string of the molecule is C#C[N+](C)(c1cccc(NC(=NCC(C)(F)F)NC(=O)c2ccc(C(F)(F)F)cc2)n1)S(C)(=O)=O. The summed E-state index contributed by atoms with van der Waals surface area (Å²) in [5.41, 5.74) is -1.18. The molecule has 0 saturated carbocycles. The van der Waals surface area contributed by atoms with Gasteiger partial charge in [-0.05, 0) is 30.3 Å². The lowest BCUT2D eigenvalue weighted by Gasteiger charge is -2.22. The highest BCUT2D eigenvalue weighted by molar-refractivity contribution is 7.90. The quantitative estimate of drug-likeness (QED) is 0.201. The molecule has 2 rings (SSSR count). The molecule has 8 nitrogen and oxygen atoms in total. The number of alkyl halides is 5. The lowest BCUT2D eigenvalue weighted by Crippen LogP contribution is -2.45. The number of carbonyl (C=O) groups is 1. The molecule has 0 radical (unpaired) electrons. The summed E-state index contributed by atoms with van der Waals surface area (Å²) >= 11 is 0. The third-order valence-corrected chi connectivity index (χ3v) is 6.17. The molecule has 0 bridgehead atoms. The molecule has 35 heavy (non-hydrogen) atoms. The molecule has 1 aromatic heterocycles. The van der Waals surface area contributed by atoms with Crippen LogP contribution in [0, 0.1) is 12.5 Å². The van der Waals surface area contributed by atoms with E-state index in [9.17, 15) is 35.2 Å². The number of nitrogens with one attached hydrogen (secondary N) is 2. The van der Waals surface area contributed by atoms with Crippen molar-refractivity contribution in [2.45, 2.75) is 19.0 Å². The van der Waals surface area contributed by atoms with E-state index in [4.69, 9.17) is 6.42 Å². The monoisotopic (exact) mass is 518 g/mol. The molecule has 188 valence electrons. The summed E-state index contributed by atoms with van der Waals surface area (Å²) in [6, 6.07) is 9.34. The highest BCUT2D eigenvalue weighted by Gasteiger charge is 2.37. The number of halogens is 5. The fourth-order valence-corrected chi connectivity index (χ4v) is 3.14. The van der Waals surface area contributed by atoms with Gasteiger partial charge in [0.2, 0.25) is 5.96 Å². The number of nitrogens with zero attached hydrogens (tertiary/aromatic N) is 3. The van der Waals surface area contributed by atoms with E-state index in [-0.39, 0.29) is 17.2 Å². The van der Waals surface area contributed by atoms with Crippen molar-refractivity contribution in [2.75, 3.05) is 25.2 Å². The van der Waals surface area contributed by atoms with Crippen LogP contribution in [-0.4, -0.2) is 51.0 Å². The summed E-state index contributed by atoms with van der Waals surface area (Å²) < 4.78 is 88.3. The number of hydrogen-bond donors (Lipinski definition) is 2. The second-order valence-corrected chi connectivity index (χ2v) is 9.75. The number of rotatable bonds is 6. The number of amides is 1. The third-order valence-electron chi connectivity index (χ3n) is 4.55. The van der Waals surface area contributed by atoms with Crippen LogP contribution in [-0.2, 0) is 16.2 Å². The summed E-state index contributed by atoms with van der Waals surface area (Å²) in [6.45, 7) is -0.462. The average molecular weight is 518 g/mol. The number of quaternary nitrogens is 1. The van der Waals surface area contributed by atoms with Crippen molar-refractivity contribution >= 4 is 33.5 Å². The molecular weight excluding hydrogens is 497 g/mol. The Kier molecular flexibility index (Phi) is 7.88. The molecule has 1 aromatic carbocycles. The molecule has 0 aliphatic carbocycles. The largest absolute Gasteiger partial charge is 0.416 e. The minimum Gasteiger partial charge on any atom is -0.310 e. The van der Waals surface area contributed by atoms with Crippen molar-refractivity contribution in [1.82, 2.24) is 14.2 Å². The highest BCUT2D eigenvalue weighted by Crippen LogP contribution is 2.29. The number of pyridine rings is 1.